The van der Waals surface area contributed by atoms with Gasteiger partial charge >= 0.3 is 0 Å². The van der Waals surface area contributed by atoms with E-state index in [-0.39, 0.29) is 11.9 Å². The number of piperidine rings is 1. The lowest BCUT2D eigenvalue weighted by molar-refractivity contribution is -0.121. The fraction of sp³-hybridized carbons (Fsp3) is 0.550. The van der Waals surface area contributed by atoms with Crippen LogP contribution in [-0.2, 0) is 4.79 Å². The standard InChI is InChI=1S/C20H27N5O2/c1-14(25-10-2-3-16(12-25)18-8-9-22-24-18)20(26)23-19-7-6-17(11-21-19)27-13-15-4-5-15/h6-9,11,14-16H,2-5,10,12-13H2,1H3,(H,22,24)(H,21,23,26)/t14-,16-/m0/s1. The molecule has 3 heterocycles. The van der Waals surface area contributed by atoms with E-state index in [0.29, 0.717) is 17.7 Å². The van der Waals surface area contributed by atoms with Crippen LogP contribution in [0.1, 0.15) is 44.2 Å². The number of rotatable bonds is 7. The molecule has 2 aliphatic rings. The molecule has 144 valence electrons. The van der Waals surface area contributed by atoms with Crippen molar-refractivity contribution in [2.45, 2.75) is 44.6 Å². The Morgan fingerprint density at radius 1 is 1.37 bits per heavy atom. The van der Waals surface area contributed by atoms with Gasteiger partial charge in [-0.2, -0.15) is 5.10 Å². The van der Waals surface area contributed by atoms with Crippen molar-refractivity contribution in [1.82, 2.24) is 20.1 Å². The maximum atomic E-state index is 12.7. The number of hydrogen-bond acceptors (Lipinski definition) is 5. The van der Waals surface area contributed by atoms with Gasteiger partial charge in [0.05, 0.1) is 18.8 Å². The summed E-state index contributed by atoms with van der Waals surface area (Å²) in [7, 11) is 0. The van der Waals surface area contributed by atoms with Crippen molar-refractivity contribution in [2.24, 2.45) is 5.92 Å². The van der Waals surface area contributed by atoms with Crippen molar-refractivity contribution in [3.05, 3.63) is 36.3 Å². The lowest BCUT2D eigenvalue weighted by Crippen LogP contribution is -2.46. The van der Waals surface area contributed by atoms with Crippen LogP contribution in [0.15, 0.2) is 30.6 Å². The van der Waals surface area contributed by atoms with E-state index in [1.807, 2.05) is 19.1 Å². The predicted octanol–water partition coefficient (Wildman–Crippen LogP) is 2.80. The predicted molar refractivity (Wildman–Crippen MR) is 103 cm³/mol. The summed E-state index contributed by atoms with van der Waals surface area (Å²) in [6, 6.07) is 5.49. The molecular formula is C20H27N5O2. The number of pyridine rings is 1. The average molecular weight is 369 g/mol. The van der Waals surface area contributed by atoms with E-state index in [1.165, 1.54) is 12.8 Å². The van der Waals surface area contributed by atoms with E-state index < -0.39 is 0 Å². The van der Waals surface area contributed by atoms with Crippen LogP contribution in [0.2, 0.25) is 0 Å². The van der Waals surface area contributed by atoms with Crippen LogP contribution in [0.3, 0.4) is 0 Å². The summed E-state index contributed by atoms with van der Waals surface area (Å²) in [4.78, 5) is 19.2. The Bertz CT molecular complexity index is 742. The van der Waals surface area contributed by atoms with Crippen molar-refractivity contribution in [3.63, 3.8) is 0 Å². The first-order valence-corrected chi connectivity index (χ1v) is 9.82. The highest BCUT2D eigenvalue weighted by atomic mass is 16.5. The van der Waals surface area contributed by atoms with Gasteiger partial charge in [0.1, 0.15) is 11.6 Å². The number of aromatic amines is 1. The number of H-pyrrole nitrogens is 1. The van der Waals surface area contributed by atoms with Crippen molar-refractivity contribution < 1.29 is 9.53 Å². The van der Waals surface area contributed by atoms with Gasteiger partial charge in [-0.05, 0) is 63.3 Å². The molecular weight excluding hydrogens is 342 g/mol. The van der Waals surface area contributed by atoms with Crippen molar-refractivity contribution >= 4 is 11.7 Å². The largest absolute Gasteiger partial charge is 0.492 e. The maximum absolute atomic E-state index is 12.7. The first-order chi connectivity index (χ1) is 13.2. The molecule has 2 N–H and O–H groups in total. The molecule has 7 nitrogen and oxygen atoms in total. The van der Waals surface area contributed by atoms with Crippen LogP contribution in [0, 0.1) is 5.92 Å². The number of carbonyl (C=O) groups excluding carboxylic acids is 1. The zero-order valence-corrected chi connectivity index (χ0v) is 15.7. The molecule has 2 atom stereocenters. The summed E-state index contributed by atoms with van der Waals surface area (Å²) in [6.07, 6.45) is 8.18. The van der Waals surface area contributed by atoms with Crippen LogP contribution in [0.4, 0.5) is 5.82 Å². The molecule has 0 aromatic carbocycles. The fourth-order valence-electron chi connectivity index (χ4n) is 3.54. The van der Waals surface area contributed by atoms with Crippen LogP contribution in [0.25, 0.3) is 0 Å². The van der Waals surface area contributed by atoms with Gasteiger partial charge in [0.2, 0.25) is 5.91 Å². The minimum absolute atomic E-state index is 0.0283. The number of amides is 1. The highest BCUT2D eigenvalue weighted by Crippen LogP contribution is 2.29. The highest BCUT2D eigenvalue weighted by molar-refractivity contribution is 5.93. The summed E-state index contributed by atoms with van der Waals surface area (Å²) >= 11 is 0. The van der Waals surface area contributed by atoms with Crippen molar-refractivity contribution in [2.75, 3.05) is 25.0 Å². The Morgan fingerprint density at radius 3 is 2.96 bits per heavy atom. The van der Waals surface area contributed by atoms with E-state index in [1.54, 1.807) is 18.5 Å². The van der Waals surface area contributed by atoms with E-state index >= 15 is 0 Å². The molecule has 0 spiro atoms. The molecule has 0 bridgehead atoms. The van der Waals surface area contributed by atoms with Crippen LogP contribution in [-0.4, -0.2) is 51.7 Å². The third kappa shape index (κ3) is 4.66. The molecule has 27 heavy (non-hydrogen) atoms. The van der Waals surface area contributed by atoms with E-state index in [9.17, 15) is 4.79 Å². The van der Waals surface area contributed by atoms with Crippen molar-refractivity contribution in [1.29, 1.82) is 0 Å². The molecule has 2 fully saturated rings. The number of nitrogens with zero attached hydrogens (tertiary/aromatic N) is 3. The summed E-state index contributed by atoms with van der Waals surface area (Å²) in [5.41, 5.74) is 1.15. The Balaban J connectivity index is 1.30. The molecule has 1 amide bonds. The summed E-state index contributed by atoms with van der Waals surface area (Å²) in [5, 5.41) is 10.0. The number of aromatic nitrogens is 3. The van der Waals surface area contributed by atoms with Gasteiger partial charge in [0.15, 0.2) is 0 Å². The first kappa shape index (κ1) is 18.0. The minimum Gasteiger partial charge on any atom is -0.492 e. The zero-order valence-electron chi connectivity index (χ0n) is 15.7. The number of carbonyl (C=O) groups is 1. The lowest BCUT2D eigenvalue weighted by Gasteiger charge is -2.35. The Morgan fingerprint density at radius 2 is 2.26 bits per heavy atom. The molecule has 0 radical (unpaired) electrons. The normalized spacial score (nSPS) is 21.6. The molecule has 1 saturated carbocycles. The summed E-state index contributed by atoms with van der Waals surface area (Å²) in [6.45, 7) is 4.51. The smallest absolute Gasteiger partial charge is 0.242 e. The van der Waals surface area contributed by atoms with E-state index in [0.717, 1.165) is 44.0 Å². The molecule has 1 aliphatic carbocycles. The Hall–Kier alpha value is -2.41. The van der Waals surface area contributed by atoms with Gasteiger partial charge < -0.3 is 10.1 Å². The molecule has 1 aliphatic heterocycles. The van der Waals surface area contributed by atoms with Gasteiger partial charge in [-0.1, -0.05) is 0 Å². The number of anilines is 1. The lowest BCUT2D eigenvalue weighted by atomic mass is 9.94. The zero-order chi connectivity index (χ0) is 18.6. The van der Waals surface area contributed by atoms with Crippen LogP contribution in [0.5, 0.6) is 5.75 Å². The second-order valence-corrected chi connectivity index (χ2v) is 7.64. The van der Waals surface area contributed by atoms with Crippen LogP contribution >= 0.6 is 0 Å². The summed E-state index contributed by atoms with van der Waals surface area (Å²) in [5.74, 6) is 2.40. The van der Waals surface area contributed by atoms with Gasteiger partial charge in [-0.3, -0.25) is 14.8 Å². The van der Waals surface area contributed by atoms with Crippen molar-refractivity contribution in [3.8, 4) is 5.75 Å². The van der Waals surface area contributed by atoms with Gasteiger partial charge in [0.25, 0.3) is 0 Å². The van der Waals surface area contributed by atoms with E-state index in [2.05, 4.69) is 25.4 Å². The SMILES string of the molecule is C[C@@H](C(=O)Nc1ccc(OCC2CC2)cn1)N1CCC[C@H](c2ccn[nH]2)C1. The molecule has 2 aromatic rings. The summed E-state index contributed by atoms with van der Waals surface area (Å²) < 4.78 is 5.69. The number of hydrogen-bond donors (Lipinski definition) is 2. The molecule has 4 rings (SSSR count). The average Bonchev–Trinajstić information content (AvgIpc) is 3.37. The quantitative estimate of drug-likeness (QED) is 0.784. The Labute approximate surface area is 159 Å². The second-order valence-electron chi connectivity index (χ2n) is 7.64. The monoisotopic (exact) mass is 369 g/mol. The fourth-order valence-corrected chi connectivity index (χ4v) is 3.54. The van der Waals surface area contributed by atoms with Gasteiger partial charge in [-0.25, -0.2) is 4.98 Å². The number of nitrogens with one attached hydrogen (secondary N) is 2. The van der Waals surface area contributed by atoms with Gasteiger partial charge in [-0.15, -0.1) is 0 Å². The third-order valence-corrected chi connectivity index (χ3v) is 5.51. The van der Waals surface area contributed by atoms with E-state index in [4.69, 9.17) is 4.74 Å². The molecule has 2 aromatic heterocycles. The number of likely N-dealkylation sites (tertiary alicyclic amines) is 1. The maximum Gasteiger partial charge on any atom is 0.242 e. The first-order valence-electron chi connectivity index (χ1n) is 9.82. The van der Waals surface area contributed by atoms with Crippen LogP contribution < -0.4 is 10.1 Å². The molecule has 7 heteroatoms. The minimum atomic E-state index is -0.205. The molecule has 1 saturated heterocycles. The number of ether oxygens (including phenoxy) is 1. The molecule has 0 unspecified atom stereocenters. The topological polar surface area (TPSA) is 83.1 Å². The van der Waals surface area contributed by atoms with Gasteiger partial charge in [0, 0.05) is 24.4 Å². The second kappa shape index (κ2) is 8.08. The Kier molecular flexibility index (Phi) is 5.38. The third-order valence-electron chi connectivity index (χ3n) is 5.51. The highest BCUT2D eigenvalue weighted by Gasteiger charge is 2.29.